The summed E-state index contributed by atoms with van der Waals surface area (Å²) in [5.41, 5.74) is 7.45. The Hall–Kier alpha value is -0.0400. The number of hydrogen-bond donors (Lipinski definition) is 1. The summed E-state index contributed by atoms with van der Waals surface area (Å²) in [7, 11) is 0. The van der Waals surface area contributed by atoms with Crippen molar-refractivity contribution < 1.29 is 0 Å². The number of hydrogen-bond acceptors (Lipinski definition) is 1. The smallest absolute Gasteiger partial charge is 0.0186 e. The van der Waals surface area contributed by atoms with E-state index in [4.69, 9.17) is 5.73 Å². The van der Waals surface area contributed by atoms with Gasteiger partial charge in [0.05, 0.1) is 0 Å². The van der Waals surface area contributed by atoms with Gasteiger partial charge in [0.1, 0.15) is 0 Å². The SMILES string of the molecule is CC(C1(N)CC1)C12CC3CC(CC(C3)C1)C2. The minimum absolute atomic E-state index is 0.256. The largest absolute Gasteiger partial charge is 0.325 e. The zero-order valence-electron chi connectivity index (χ0n) is 10.5. The van der Waals surface area contributed by atoms with Crippen molar-refractivity contribution in [2.45, 2.75) is 63.8 Å². The molecule has 0 aromatic rings. The molecule has 0 aromatic heterocycles. The van der Waals surface area contributed by atoms with E-state index < -0.39 is 0 Å². The van der Waals surface area contributed by atoms with Crippen LogP contribution < -0.4 is 5.73 Å². The van der Waals surface area contributed by atoms with Gasteiger partial charge in [-0.25, -0.2) is 0 Å². The zero-order valence-corrected chi connectivity index (χ0v) is 10.5. The standard InChI is InChI=1S/C15H25N/c1-10(15(16)2-3-15)14-7-11-4-12(8-14)6-13(5-11)9-14/h10-13H,2-9,16H2,1H3. The van der Waals surface area contributed by atoms with Crippen molar-refractivity contribution in [3.8, 4) is 0 Å². The molecule has 1 atom stereocenters. The lowest BCUT2D eigenvalue weighted by Gasteiger charge is -2.60. The second-order valence-corrected chi connectivity index (χ2v) is 7.73. The molecule has 16 heavy (non-hydrogen) atoms. The van der Waals surface area contributed by atoms with Crippen LogP contribution in [0.2, 0.25) is 0 Å². The molecule has 4 bridgehead atoms. The highest BCUT2D eigenvalue weighted by Gasteiger charge is 2.59. The molecule has 0 amide bonds. The van der Waals surface area contributed by atoms with E-state index in [2.05, 4.69) is 6.92 Å². The van der Waals surface area contributed by atoms with Crippen LogP contribution in [0.15, 0.2) is 0 Å². The quantitative estimate of drug-likeness (QED) is 0.757. The summed E-state index contributed by atoms with van der Waals surface area (Å²) in [5.74, 6) is 4.04. The molecule has 5 saturated carbocycles. The predicted molar refractivity (Wildman–Crippen MR) is 65.9 cm³/mol. The highest BCUT2D eigenvalue weighted by Crippen LogP contribution is 2.65. The van der Waals surface area contributed by atoms with Gasteiger partial charge >= 0.3 is 0 Å². The molecule has 1 unspecified atom stereocenters. The van der Waals surface area contributed by atoms with Crippen molar-refractivity contribution in [2.24, 2.45) is 34.8 Å². The van der Waals surface area contributed by atoms with E-state index in [9.17, 15) is 0 Å². The van der Waals surface area contributed by atoms with Gasteiger partial charge in [0.25, 0.3) is 0 Å². The fourth-order valence-corrected chi connectivity index (χ4v) is 5.90. The van der Waals surface area contributed by atoms with Crippen molar-refractivity contribution in [2.75, 3.05) is 0 Å². The lowest BCUT2D eigenvalue weighted by molar-refractivity contribution is -0.0907. The molecule has 0 aliphatic heterocycles. The van der Waals surface area contributed by atoms with Gasteiger partial charge in [-0.3, -0.25) is 0 Å². The Balaban J connectivity index is 1.66. The van der Waals surface area contributed by atoms with E-state index in [1.54, 1.807) is 19.3 Å². The monoisotopic (exact) mass is 219 g/mol. The van der Waals surface area contributed by atoms with Gasteiger partial charge in [0.15, 0.2) is 0 Å². The van der Waals surface area contributed by atoms with Gasteiger partial charge < -0.3 is 5.73 Å². The molecule has 0 saturated heterocycles. The van der Waals surface area contributed by atoms with Crippen LogP contribution in [0, 0.1) is 29.1 Å². The van der Waals surface area contributed by atoms with E-state index in [0.29, 0.717) is 5.41 Å². The van der Waals surface area contributed by atoms with Crippen molar-refractivity contribution >= 4 is 0 Å². The highest BCUT2D eigenvalue weighted by molar-refractivity contribution is 5.13. The van der Waals surface area contributed by atoms with Gasteiger partial charge in [-0.1, -0.05) is 6.92 Å². The Kier molecular flexibility index (Phi) is 1.77. The molecule has 0 spiro atoms. The molecule has 5 fully saturated rings. The fourth-order valence-electron chi connectivity index (χ4n) is 5.90. The molecule has 5 aliphatic carbocycles. The minimum Gasteiger partial charge on any atom is -0.325 e. The van der Waals surface area contributed by atoms with E-state index >= 15 is 0 Å². The minimum atomic E-state index is 0.256. The summed E-state index contributed by atoms with van der Waals surface area (Å²) in [5, 5.41) is 0. The fraction of sp³-hybridized carbons (Fsp3) is 1.00. The summed E-state index contributed by atoms with van der Waals surface area (Å²) >= 11 is 0. The first-order valence-corrected chi connectivity index (χ1v) is 7.39. The molecule has 1 heteroatoms. The van der Waals surface area contributed by atoms with E-state index in [1.807, 2.05) is 0 Å². The highest BCUT2D eigenvalue weighted by atomic mass is 14.9. The zero-order chi connectivity index (χ0) is 11.0. The molecule has 90 valence electrons. The van der Waals surface area contributed by atoms with Crippen LogP contribution in [0.25, 0.3) is 0 Å². The first-order valence-electron chi connectivity index (χ1n) is 7.39. The maximum atomic E-state index is 6.51. The summed E-state index contributed by atoms with van der Waals surface area (Å²) in [6.07, 6.45) is 11.9. The molecule has 2 N–H and O–H groups in total. The van der Waals surface area contributed by atoms with Gasteiger partial charge in [0.2, 0.25) is 0 Å². The van der Waals surface area contributed by atoms with E-state index in [-0.39, 0.29) is 5.54 Å². The summed E-state index contributed by atoms with van der Waals surface area (Å²) in [6, 6.07) is 0. The van der Waals surface area contributed by atoms with Crippen molar-refractivity contribution in [1.29, 1.82) is 0 Å². The lowest BCUT2D eigenvalue weighted by Crippen LogP contribution is -2.53. The summed E-state index contributed by atoms with van der Waals surface area (Å²) in [6.45, 7) is 2.49. The average molecular weight is 219 g/mol. The van der Waals surface area contributed by atoms with E-state index in [0.717, 1.165) is 23.7 Å². The third-order valence-corrected chi connectivity index (χ3v) is 6.69. The maximum absolute atomic E-state index is 6.51. The number of rotatable bonds is 2. The van der Waals surface area contributed by atoms with Crippen LogP contribution >= 0.6 is 0 Å². The molecule has 0 aromatic carbocycles. The molecule has 5 rings (SSSR count). The van der Waals surface area contributed by atoms with Crippen LogP contribution in [0.3, 0.4) is 0 Å². The normalized spacial score (nSPS) is 54.0. The number of nitrogens with two attached hydrogens (primary N) is 1. The lowest BCUT2D eigenvalue weighted by atomic mass is 9.46. The Morgan fingerprint density at radius 2 is 1.38 bits per heavy atom. The third kappa shape index (κ3) is 1.21. The second-order valence-electron chi connectivity index (χ2n) is 7.73. The van der Waals surface area contributed by atoms with Crippen LogP contribution in [-0.2, 0) is 0 Å². The summed E-state index contributed by atoms with van der Waals surface area (Å²) < 4.78 is 0. The van der Waals surface area contributed by atoms with Gasteiger partial charge in [-0.15, -0.1) is 0 Å². The molecule has 5 aliphatic rings. The Morgan fingerprint density at radius 1 is 0.938 bits per heavy atom. The van der Waals surface area contributed by atoms with Crippen LogP contribution in [0.4, 0.5) is 0 Å². The first kappa shape index (κ1) is 9.94. The van der Waals surface area contributed by atoms with Crippen LogP contribution in [-0.4, -0.2) is 5.54 Å². The van der Waals surface area contributed by atoms with Crippen LogP contribution in [0.1, 0.15) is 58.3 Å². The molecule has 0 radical (unpaired) electrons. The van der Waals surface area contributed by atoms with E-state index in [1.165, 1.54) is 32.1 Å². The van der Waals surface area contributed by atoms with Crippen molar-refractivity contribution in [1.82, 2.24) is 0 Å². The molecule has 1 nitrogen and oxygen atoms in total. The second kappa shape index (κ2) is 2.85. The van der Waals surface area contributed by atoms with Gasteiger partial charge in [-0.2, -0.15) is 0 Å². The molecular formula is C15H25N. The van der Waals surface area contributed by atoms with Crippen molar-refractivity contribution in [3.63, 3.8) is 0 Å². The molecular weight excluding hydrogens is 194 g/mol. The Bertz CT molecular complexity index is 280. The van der Waals surface area contributed by atoms with Crippen LogP contribution in [0.5, 0.6) is 0 Å². The average Bonchev–Trinajstić information content (AvgIpc) is 2.94. The first-order chi connectivity index (χ1) is 7.60. The van der Waals surface area contributed by atoms with Gasteiger partial charge in [0, 0.05) is 5.54 Å². The summed E-state index contributed by atoms with van der Waals surface area (Å²) in [4.78, 5) is 0. The van der Waals surface area contributed by atoms with Crippen molar-refractivity contribution in [3.05, 3.63) is 0 Å². The predicted octanol–water partition coefficient (Wildman–Crippen LogP) is 3.33. The Morgan fingerprint density at radius 3 is 1.75 bits per heavy atom. The molecule has 0 heterocycles. The van der Waals surface area contributed by atoms with Gasteiger partial charge in [-0.05, 0) is 80.5 Å². The third-order valence-electron chi connectivity index (χ3n) is 6.69. The maximum Gasteiger partial charge on any atom is 0.0186 e. The Labute approximate surface area is 99.2 Å². The topological polar surface area (TPSA) is 26.0 Å².